The normalized spacial score (nSPS) is 10.5. The highest BCUT2D eigenvalue weighted by molar-refractivity contribution is 9.10. The molecule has 3 N–H and O–H groups in total. The van der Waals surface area contributed by atoms with E-state index in [4.69, 9.17) is 28.9 Å². The van der Waals surface area contributed by atoms with Crippen molar-refractivity contribution in [1.82, 2.24) is 0 Å². The minimum atomic E-state index is -0.615. The van der Waals surface area contributed by atoms with Crippen LogP contribution in [-0.4, -0.2) is 5.91 Å². The molecular weight excluding hydrogens is 382 g/mol. The quantitative estimate of drug-likeness (QED) is 0.799. The Morgan fingerprint density at radius 3 is 2.43 bits per heavy atom. The Hall–Kier alpha value is -1.30. The predicted octanol–water partition coefficient (Wildman–Crippen LogP) is 4.61. The van der Waals surface area contributed by atoms with E-state index in [9.17, 15) is 9.18 Å². The lowest BCUT2D eigenvalue weighted by Gasteiger charge is -2.12. The summed E-state index contributed by atoms with van der Waals surface area (Å²) in [5.41, 5.74) is 6.20. The number of nitrogens with two attached hydrogens (primary N) is 1. The number of halogens is 4. The first-order chi connectivity index (χ1) is 9.88. The molecule has 1 amide bonds. The molecule has 0 radical (unpaired) electrons. The van der Waals surface area contributed by atoms with Gasteiger partial charge in [-0.25, -0.2) is 4.39 Å². The number of rotatable bonds is 4. The molecule has 2 aromatic carbocycles. The number of amides is 1. The topological polar surface area (TPSA) is 55.1 Å². The third-order valence-corrected chi connectivity index (χ3v) is 3.85. The lowest BCUT2D eigenvalue weighted by atomic mass is 10.1. The summed E-state index contributed by atoms with van der Waals surface area (Å²) in [5.74, 6) is -1.06. The molecule has 0 aromatic heterocycles. The molecule has 2 aromatic rings. The molecule has 0 atom stereocenters. The van der Waals surface area contributed by atoms with Gasteiger partial charge < -0.3 is 11.1 Å². The Bertz CT molecular complexity index is 686. The molecule has 0 aliphatic heterocycles. The van der Waals surface area contributed by atoms with Crippen LogP contribution in [0.2, 0.25) is 10.0 Å². The van der Waals surface area contributed by atoms with Gasteiger partial charge >= 0.3 is 0 Å². The summed E-state index contributed by atoms with van der Waals surface area (Å²) in [5, 5.41) is 3.76. The fraction of sp³-hybridized carbons (Fsp3) is 0.0714. The molecule has 21 heavy (non-hydrogen) atoms. The fourth-order valence-corrected chi connectivity index (χ4v) is 3.10. The van der Waals surface area contributed by atoms with E-state index in [1.54, 1.807) is 12.1 Å². The molecule has 0 heterocycles. The molecule has 0 bridgehead atoms. The van der Waals surface area contributed by atoms with Crippen LogP contribution in [0.15, 0.2) is 34.8 Å². The van der Waals surface area contributed by atoms with E-state index >= 15 is 0 Å². The molecule has 0 aliphatic carbocycles. The van der Waals surface area contributed by atoms with Crippen LogP contribution in [0.5, 0.6) is 0 Å². The van der Waals surface area contributed by atoms with Gasteiger partial charge in [-0.05, 0) is 30.3 Å². The van der Waals surface area contributed by atoms with Crippen LogP contribution in [0.25, 0.3) is 0 Å². The maximum atomic E-state index is 13.7. The second-order valence-electron chi connectivity index (χ2n) is 4.27. The average molecular weight is 392 g/mol. The van der Waals surface area contributed by atoms with Gasteiger partial charge in [0.2, 0.25) is 5.91 Å². The van der Waals surface area contributed by atoms with Crippen molar-refractivity contribution in [3.8, 4) is 0 Å². The van der Waals surface area contributed by atoms with Crippen LogP contribution >= 0.6 is 39.1 Å². The zero-order valence-electron chi connectivity index (χ0n) is 10.6. The summed E-state index contributed by atoms with van der Waals surface area (Å²) < 4.78 is 14.5. The van der Waals surface area contributed by atoms with Gasteiger partial charge in [0.15, 0.2) is 0 Å². The van der Waals surface area contributed by atoms with Gasteiger partial charge in [0.05, 0.1) is 15.7 Å². The second kappa shape index (κ2) is 6.64. The maximum Gasteiger partial charge on any atom is 0.248 e. The standard InChI is InChI=1S/C14H10BrCl2FN2O/c15-9-4-10(16)13(11(17)5-9)20-6-8-3-7(14(19)21)1-2-12(8)18/h1-5,20H,6H2,(H2,19,21). The monoisotopic (exact) mass is 390 g/mol. The first-order valence-electron chi connectivity index (χ1n) is 5.85. The highest BCUT2D eigenvalue weighted by Crippen LogP contribution is 2.34. The van der Waals surface area contributed by atoms with Crippen LogP contribution < -0.4 is 11.1 Å². The lowest BCUT2D eigenvalue weighted by molar-refractivity contribution is 0.1000. The van der Waals surface area contributed by atoms with E-state index in [0.29, 0.717) is 21.3 Å². The summed E-state index contributed by atoms with van der Waals surface area (Å²) in [6.45, 7) is 0.119. The summed E-state index contributed by atoms with van der Waals surface area (Å²) in [6, 6.07) is 7.27. The highest BCUT2D eigenvalue weighted by atomic mass is 79.9. The Kier molecular flexibility index (Phi) is 5.08. The van der Waals surface area contributed by atoms with Crippen molar-refractivity contribution >= 4 is 50.7 Å². The van der Waals surface area contributed by atoms with Crippen molar-refractivity contribution in [2.45, 2.75) is 6.54 Å². The molecule has 0 fully saturated rings. The summed E-state index contributed by atoms with van der Waals surface area (Å²) in [4.78, 5) is 11.1. The minimum Gasteiger partial charge on any atom is -0.378 e. The molecule has 0 aliphatic rings. The maximum absolute atomic E-state index is 13.7. The number of primary amides is 1. The molecule has 2 rings (SSSR count). The molecule has 0 saturated heterocycles. The molecule has 0 unspecified atom stereocenters. The van der Waals surface area contributed by atoms with E-state index < -0.39 is 11.7 Å². The minimum absolute atomic E-state index is 0.119. The van der Waals surface area contributed by atoms with Gasteiger partial charge in [-0.3, -0.25) is 4.79 Å². The number of benzene rings is 2. The Morgan fingerprint density at radius 2 is 1.86 bits per heavy atom. The van der Waals surface area contributed by atoms with Gasteiger partial charge in [0.25, 0.3) is 0 Å². The number of carbonyl (C=O) groups excluding carboxylic acids is 1. The van der Waals surface area contributed by atoms with Gasteiger partial charge in [-0.15, -0.1) is 0 Å². The molecule has 7 heteroatoms. The summed E-state index contributed by atoms with van der Waals surface area (Å²) >= 11 is 15.4. The van der Waals surface area contributed by atoms with Crippen LogP contribution in [0.1, 0.15) is 15.9 Å². The van der Waals surface area contributed by atoms with Gasteiger partial charge in [-0.1, -0.05) is 39.1 Å². The van der Waals surface area contributed by atoms with E-state index in [0.717, 1.165) is 4.47 Å². The van der Waals surface area contributed by atoms with Crippen molar-refractivity contribution in [2.24, 2.45) is 5.73 Å². The van der Waals surface area contributed by atoms with Crippen molar-refractivity contribution < 1.29 is 9.18 Å². The Morgan fingerprint density at radius 1 is 1.24 bits per heavy atom. The fourth-order valence-electron chi connectivity index (χ4n) is 1.76. The zero-order chi connectivity index (χ0) is 15.6. The summed E-state index contributed by atoms with van der Waals surface area (Å²) in [7, 11) is 0. The molecular formula is C14H10BrCl2FN2O. The SMILES string of the molecule is NC(=O)c1ccc(F)c(CNc2c(Cl)cc(Br)cc2Cl)c1. The van der Waals surface area contributed by atoms with Gasteiger partial charge in [-0.2, -0.15) is 0 Å². The van der Waals surface area contributed by atoms with Gasteiger partial charge in [0, 0.05) is 22.1 Å². The van der Waals surface area contributed by atoms with Crippen molar-refractivity contribution in [2.75, 3.05) is 5.32 Å². The average Bonchev–Trinajstić information content (AvgIpc) is 2.39. The van der Waals surface area contributed by atoms with Crippen molar-refractivity contribution in [1.29, 1.82) is 0 Å². The Balaban J connectivity index is 2.24. The number of anilines is 1. The number of carbonyl (C=O) groups is 1. The lowest BCUT2D eigenvalue weighted by Crippen LogP contribution is -2.12. The second-order valence-corrected chi connectivity index (χ2v) is 6.00. The third-order valence-electron chi connectivity index (χ3n) is 2.79. The zero-order valence-corrected chi connectivity index (χ0v) is 13.7. The van der Waals surface area contributed by atoms with E-state index in [1.165, 1.54) is 18.2 Å². The van der Waals surface area contributed by atoms with Crippen molar-refractivity contribution in [3.05, 3.63) is 61.8 Å². The Labute approximate surface area is 139 Å². The molecule has 3 nitrogen and oxygen atoms in total. The largest absolute Gasteiger partial charge is 0.378 e. The van der Waals surface area contributed by atoms with E-state index in [1.807, 2.05) is 0 Å². The predicted molar refractivity (Wildman–Crippen MR) is 86.4 cm³/mol. The first-order valence-corrected chi connectivity index (χ1v) is 7.40. The number of hydrogen-bond donors (Lipinski definition) is 2. The molecule has 0 saturated carbocycles. The number of hydrogen-bond acceptors (Lipinski definition) is 2. The molecule has 0 spiro atoms. The van der Waals surface area contributed by atoms with Gasteiger partial charge in [0.1, 0.15) is 5.82 Å². The van der Waals surface area contributed by atoms with E-state index in [2.05, 4.69) is 21.2 Å². The van der Waals surface area contributed by atoms with E-state index in [-0.39, 0.29) is 12.1 Å². The van der Waals surface area contributed by atoms with Crippen molar-refractivity contribution in [3.63, 3.8) is 0 Å². The smallest absolute Gasteiger partial charge is 0.248 e. The van der Waals surface area contributed by atoms with Crippen LogP contribution in [0.3, 0.4) is 0 Å². The van der Waals surface area contributed by atoms with Crippen LogP contribution in [0, 0.1) is 5.82 Å². The highest BCUT2D eigenvalue weighted by Gasteiger charge is 2.10. The molecule has 110 valence electrons. The number of nitrogens with one attached hydrogen (secondary N) is 1. The van der Waals surface area contributed by atoms with Crippen LogP contribution in [-0.2, 0) is 6.54 Å². The first kappa shape index (κ1) is 16.1. The summed E-state index contributed by atoms with van der Waals surface area (Å²) in [6.07, 6.45) is 0. The third kappa shape index (κ3) is 3.87. The van der Waals surface area contributed by atoms with Crippen LogP contribution in [0.4, 0.5) is 10.1 Å².